The number of alkyl halides is 3. The van der Waals surface area contributed by atoms with Gasteiger partial charge in [0.25, 0.3) is 5.89 Å². The number of pyridine rings is 1. The first kappa shape index (κ1) is 19.4. The van der Waals surface area contributed by atoms with Crippen LogP contribution in [0.1, 0.15) is 11.9 Å². The molecule has 7 nitrogen and oxygen atoms in total. The van der Waals surface area contributed by atoms with Gasteiger partial charge in [-0.05, 0) is 19.2 Å². The number of nitrogens with one attached hydrogen (secondary N) is 1. The van der Waals surface area contributed by atoms with Crippen molar-refractivity contribution in [1.29, 1.82) is 0 Å². The zero-order valence-electron chi connectivity index (χ0n) is 13.3. The van der Waals surface area contributed by atoms with E-state index in [-0.39, 0.29) is 35.8 Å². The summed E-state index contributed by atoms with van der Waals surface area (Å²) in [6.07, 6.45) is -3.11. The quantitative estimate of drug-likeness (QED) is 0.871. The van der Waals surface area contributed by atoms with Crippen LogP contribution >= 0.6 is 12.4 Å². The summed E-state index contributed by atoms with van der Waals surface area (Å²) in [7, 11) is 1.95. The number of ether oxygens (including phenoxy) is 1. The van der Waals surface area contributed by atoms with Gasteiger partial charge in [-0.15, -0.1) is 12.4 Å². The largest absolute Gasteiger partial charge is 0.467 e. The Morgan fingerprint density at radius 1 is 1.44 bits per heavy atom. The Labute approximate surface area is 148 Å². The smallest absolute Gasteiger partial charge is 0.422 e. The Morgan fingerprint density at radius 2 is 2.24 bits per heavy atom. The van der Waals surface area contributed by atoms with Crippen LogP contribution in [-0.2, 0) is 0 Å². The van der Waals surface area contributed by atoms with Crippen LogP contribution in [-0.4, -0.2) is 59.5 Å². The fourth-order valence-electron chi connectivity index (χ4n) is 2.39. The number of aromatic nitrogens is 3. The Bertz CT molecular complexity index is 697. The molecule has 1 saturated heterocycles. The maximum Gasteiger partial charge on any atom is 0.422 e. The second kappa shape index (κ2) is 7.98. The third-order valence-electron chi connectivity index (χ3n) is 3.62. The van der Waals surface area contributed by atoms with Crippen molar-refractivity contribution in [1.82, 2.24) is 25.3 Å². The molecule has 25 heavy (non-hydrogen) atoms. The van der Waals surface area contributed by atoms with E-state index in [0.717, 1.165) is 13.1 Å². The second-order valence-electron chi connectivity index (χ2n) is 5.42. The molecule has 3 rings (SSSR count). The van der Waals surface area contributed by atoms with Gasteiger partial charge in [0, 0.05) is 25.8 Å². The van der Waals surface area contributed by atoms with Gasteiger partial charge in [0.05, 0.1) is 6.04 Å². The Balaban J connectivity index is 0.00000225. The highest BCUT2D eigenvalue weighted by molar-refractivity contribution is 5.85. The van der Waals surface area contributed by atoms with Gasteiger partial charge >= 0.3 is 6.18 Å². The summed E-state index contributed by atoms with van der Waals surface area (Å²) in [5.41, 5.74) is 0.229. The molecule has 3 heterocycles. The van der Waals surface area contributed by atoms with Crippen LogP contribution in [0.3, 0.4) is 0 Å². The molecule has 0 bridgehead atoms. The minimum atomic E-state index is -4.45. The Hall–Kier alpha value is -1.91. The number of halogens is 4. The van der Waals surface area contributed by atoms with Gasteiger partial charge in [-0.2, -0.15) is 18.2 Å². The number of hydrogen-bond donors (Lipinski definition) is 1. The zero-order valence-corrected chi connectivity index (χ0v) is 14.1. The summed E-state index contributed by atoms with van der Waals surface area (Å²) in [5.74, 6) is 0.347. The van der Waals surface area contributed by atoms with Crippen LogP contribution in [0, 0.1) is 0 Å². The summed E-state index contributed by atoms with van der Waals surface area (Å²) in [6, 6.07) is 3.03. The maximum absolute atomic E-state index is 12.3. The normalized spacial score (nSPS) is 18.6. The third kappa shape index (κ3) is 4.80. The van der Waals surface area contributed by atoms with Crippen LogP contribution in [0.25, 0.3) is 11.5 Å². The van der Waals surface area contributed by atoms with Crippen LogP contribution in [0.15, 0.2) is 22.9 Å². The summed E-state index contributed by atoms with van der Waals surface area (Å²) in [6.45, 7) is 0.935. The molecule has 1 N–H and O–H groups in total. The lowest BCUT2D eigenvalue weighted by atomic mass is 10.2. The van der Waals surface area contributed by atoms with Gasteiger partial charge in [0.2, 0.25) is 5.88 Å². The molecule has 1 aliphatic heterocycles. The third-order valence-corrected chi connectivity index (χ3v) is 3.62. The fraction of sp³-hybridized carbons (Fsp3) is 0.500. The Morgan fingerprint density at radius 3 is 2.96 bits per heavy atom. The molecule has 1 atom stereocenters. The van der Waals surface area contributed by atoms with E-state index in [1.54, 1.807) is 6.07 Å². The summed E-state index contributed by atoms with van der Waals surface area (Å²) < 4.78 is 47.0. The highest BCUT2D eigenvalue weighted by Crippen LogP contribution is 2.29. The molecule has 11 heteroatoms. The number of likely N-dealkylation sites (N-methyl/N-ethyl adjacent to an activating group) is 1. The molecule has 1 fully saturated rings. The number of piperazine rings is 1. The first-order valence-electron chi connectivity index (χ1n) is 7.33. The summed E-state index contributed by atoms with van der Waals surface area (Å²) >= 11 is 0. The first-order chi connectivity index (χ1) is 11.4. The van der Waals surface area contributed by atoms with Crippen molar-refractivity contribution in [3.63, 3.8) is 0 Å². The average Bonchev–Trinajstić information content (AvgIpc) is 3.02. The molecule has 138 valence electrons. The van der Waals surface area contributed by atoms with Gasteiger partial charge < -0.3 is 14.6 Å². The van der Waals surface area contributed by atoms with Crippen molar-refractivity contribution in [3.8, 4) is 17.3 Å². The van der Waals surface area contributed by atoms with E-state index < -0.39 is 12.8 Å². The number of hydrogen-bond acceptors (Lipinski definition) is 7. The zero-order chi connectivity index (χ0) is 17.2. The van der Waals surface area contributed by atoms with E-state index in [0.29, 0.717) is 12.4 Å². The van der Waals surface area contributed by atoms with Crippen molar-refractivity contribution >= 4 is 12.4 Å². The van der Waals surface area contributed by atoms with E-state index >= 15 is 0 Å². The van der Waals surface area contributed by atoms with Crippen LogP contribution in [0.5, 0.6) is 5.88 Å². The molecular formula is C14H17ClF3N5O2. The van der Waals surface area contributed by atoms with Crippen molar-refractivity contribution in [3.05, 3.63) is 24.2 Å². The lowest BCUT2D eigenvalue weighted by Crippen LogP contribution is -2.44. The van der Waals surface area contributed by atoms with Crippen molar-refractivity contribution in [2.45, 2.75) is 12.2 Å². The molecule has 0 aliphatic carbocycles. The van der Waals surface area contributed by atoms with E-state index in [1.165, 1.54) is 12.3 Å². The maximum atomic E-state index is 12.3. The predicted octanol–water partition coefficient (Wildman–Crippen LogP) is 2.07. The first-order valence-corrected chi connectivity index (χ1v) is 7.33. The number of rotatable bonds is 4. The van der Waals surface area contributed by atoms with Crippen molar-refractivity contribution < 1.29 is 22.4 Å². The minimum absolute atomic E-state index is 0. The number of nitrogens with zero attached hydrogens (tertiary/aromatic N) is 4. The average molecular weight is 380 g/mol. The lowest BCUT2D eigenvalue weighted by Gasteiger charge is -2.30. The van der Waals surface area contributed by atoms with E-state index in [4.69, 9.17) is 9.26 Å². The molecular weight excluding hydrogens is 363 g/mol. The summed E-state index contributed by atoms with van der Waals surface area (Å²) in [4.78, 5) is 10.2. The van der Waals surface area contributed by atoms with Gasteiger partial charge in [-0.25, -0.2) is 4.98 Å². The van der Waals surface area contributed by atoms with Crippen LogP contribution in [0.2, 0.25) is 0 Å². The molecule has 0 radical (unpaired) electrons. The minimum Gasteiger partial charge on any atom is -0.467 e. The topological polar surface area (TPSA) is 76.3 Å². The van der Waals surface area contributed by atoms with Gasteiger partial charge in [0.1, 0.15) is 5.56 Å². The highest BCUT2D eigenvalue weighted by atomic mass is 35.5. The predicted molar refractivity (Wildman–Crippen MR) is 84.6 cm³/mol. The SMILES string of the molecule is CN1CCNCC1c1noc(-c2cccnc2OCC(F)(F)F)n1.Cl. The summed E-state index contributed by atoms with van der Waals surface area (Å²) in [5, 5.41) is 7.18. The molecule has 0 spiro atoms. The highest BCUT2D eigenvalue weighted by Gasteiger charge is 2.30. The van der Waals surface area contributed by atoms with E-state index in [2.05, 4.69) is 25.3 Å². The van der Waals surface area contributed by atoms with Gasteiger partial charge in [-0.1, -0.05) is 5.16 Å². The van der Waals surface area contributed by atoms with Crippen molar-refractivity contribution in [2.75, 3.05) is 33.3 Å². The molecule has 2 aromatic rings. The molecule has 1 aliphatic rings. The van der Waals surface area contributed by atoms with E-state index in [1.807, 2.05) is 7.05 Å². The van der Waals surface area contributed by atoms with Crippen LogP contribution in [0.4, 0.5) is 13.2 Å². The lowest BCUT2D eigenvalue weighted by molar-refractivity contribution is -0.154. The second-order valence-corrected chi connectivity index (χ2v) is 5.42. The van der Waals surface area contributed by atoms with Gasteiger partial charge in [-0.3, -0.25) is 4.90 Å². The molecule has 2 aromatic heterocycles. The molecule has 1 unspecified atom stereocenters. The molecule has 0 aromatic carbocycles. The van der Waals surface area contributed by atoms with Crippen LogP contribution < -0.4 is 10.1 Å². The van der Waals surface area contributed by atoms with Crippen molar-refractivity contribution in [2.24, 2.45) is 0 Å². The standard InChI is InChI=1S/C14H16F3N5O2.ClH/c1-22-6-5-18-7-10(22)11-20-13(24-21-11)9-3-2-4-19-12(9)23-8-14(15,16)17;/h2-4,10,18H,5-8H2,1H3;1H. The molecule has 0 saturated carbocycles. The Kier molecular flexibility index (Phi) is 6.20. The van der Waals surface area contributed by atoms with E-state index in [9.17, 15) is 13.2 Å². The fourth-order valence-corrected chi connectivity index (χ4v) is 2.39. The monoisotopic (exact) mass is 379 g/mol. The van der Waals surface area contributed by atoms with Gasteiger partial charge in [0.15, 0.2) is 12.4 Å². The molecule has 0 amide bonds.